The average molecular weight is 271 g/mol. The maximum absolute atomic E-state index is 13.0. The van der Waals surface area contributed by atoms with Crippen LogP contribution in [0.1, 0.15) is 0 Å². The third-order valence-electron chi connectivity index (χ3n) is 2.03. The molecule has 6 heteroatoms. The van der Waals surface area contributed by atoms with Gasteiger partial charge in [-0.1, -0.05) is 0 Å². The fraction of sp³-hybridized carbons (Fsp3) is 0. The second kappa shape index (κ2) is 3.54. The zero-order valence-electron chi connectivity index (χ0n) is 7.61. The number of rotatable bonds is 1. The van der Waals surface area contributed by atoms with Crippen molar-refractivity contribution in [3.8, 4) is 11.3 Å². The van der Waals surface area contributed by atoms with Gasteiger partial charge in [0.05, 0.1) is 4.47 Å². The van der Waals surface area contributed by atoms with Crippen LogP contribution in [0, 0.1) is 5.82 Å². The number of hydrogen-bond acceptors (Lipinski definition) is 3. The van der Waals surface area contributed by atoms with Crippen LogP contribution >= 0.6 is 15.9 Å². The summed E-state index contributed by atoms with van der Waals surface area (Å²) in [5.74, 6) is 5.50. The van der Waals surface area contributed by atoms with Gasteiger partial charge in [-0.25, -0.2) is 14.1 Å². The SMILES string of the molecule is Nc1c(-c2ccc(F)c(Br)c2)ncn1N. The minimum absolute atomic E-state index is 0.329. The van der Waals surface area contributed by atoms with Gasteiger partial charge in [0.25, 0.3) is 0 Å². The summed E-state index contributed by atoms with van der Waals surface area (Å²) in [6, 6.07) is 4.54. The summed E-state index contributed by atoms with van der Waals surface area (Å²) >= 11 is 3.09. The molecule has 0 saturated heterocycles. The largest absolute Gasteiger partial charge is 0.382 e. The highest BCUT2D eigenvalue weighted by Crippen LogP contribution is 2.27. The fourth-order valence-electron chi connectivity index (χ4n) is 1.24. The van der Waals surface area contributed by atoms with Crippen LogP contribution in [0.3, 0.4) is 0 Å². The lowest BCUT2D eigenvalue weighted by Gasteiger charge is -2.01. The van der Waals surface area contributed by atoms with Gasteiger partial charge in [-0.3, -0.25) is 0 Å². The van der Waals surface area contributed by atoms with Gasteiger partial charge >= 0.3 is 0 Å². The molecule has 78 valence electrons. The summed E-state index contributed by atoms with van der Waals surface area (Å²) < 4.78 is 14.6. The molecule has 15 heavy (non-hydrogen) atoms. The maximum Gasteiger partial charge on any atom is 0.150 e. The molecule has 1 aromatic heterocycles. The van der Waals surface area contributed by atoms with Crippen LogP contribution < -0.4 is 11.6 Å². The van der Waals surface area contributed by atoms with Crippen molar-refractivity contribution in [3.05, 3.63) is 34.8 Å². The topological polar surface area (TPSA) is 69.9 Å². The van der Waals surface area contributed by atoms with Gasteiger partial charge in [0.2, 0.25) is 0 Å². The highest BCUT2D eigenvalue weighted by molar-refractivity contribution is 9.10. The minimum Gasteiger partial charge on any atom is -0.382 e. The molecule has 4 nitrogen and oxygen atoms in total. The van der Waals surface area contributed by atoms with E-state index in [0.717, 1.165) is 0 Å². The first-order valence-corrected chi connectivity index (χ1v) is 4.92. The molecule has 1 heterocycles. The summed E-state index contributed by atoms with van der Waals surface area (Å²) in [5.41, 5.74) is 6.94. The van der Waals surface area contributed by atoms with E-state index in [2.05, 4.69) is 20.9 Å². The number of hydrogen-bond donors (Lipinski definition) is 2. The lowest BCUT2D eigenvalue weighted by molar-refractivity contribution is 0.621. The summed E-state index contributed by atoms with van der Waals surface area (Å²) in [6.45, 7) is 0. The van der Waals surface area contributed by atoms with E-state index in [-0.39, 0.29) is 5.82 Å². The third kappa shape index (κ3) is 1.68. The number of benzene rings is 1. The second-order valence-electron chi connectivity index (χ2n) is 3.01. The number of nitrogen functional groups attached to an aromatic ring is 2. The molecule has 2 rings (SSSR count). The Bertz CT molecular complexity index is 509. The first kappa shape index (κ1) is 9.97. The van der Waals surface area contributed by atoms with Crippen LogP contribution in [0.5, 0.6) is 0 Å². The molecule has 0 aliphatic heterocycles. The molecule has 0 atom stereocenters. The Hall–Kier alpha value is -1.56. The second-order valence-corrected chi connectivity index (χ2v) is 3.87. The van der Waals surface area contributed by atoms with Crippen molar-refractivity contribution in [2.24, 2.45) is 0 Å². The van der Waals surface area contributed by atoms with E-state index >= 15 is 0 Å². The van der Waals surface area contributed by atoms with Crippen LogP contribution in [0.25, 0.3) is 11.3 Å². The molecule has 0 unspecified atom stereocenters. The van der Waals surface area contributed by atoms with Crippen molar-refractivity contribution in [2.75, 3.05) is 11.6 Å². The maximum atomic E-state index is 13.0. The highest BCUT2D eigenvalue weighted by atomic mass is 79.9. The molecule has 0 saturated carbocycles. The standard InChI is InChI=1S/C9H8BrFN4/c10-6-3-5(1-2-7(6)11)8-9(12)15(13)4-14-8/h1-4H,12-13H2. The molecule has 0 radical (unpaired) electrons. The molecule has 0 spiro atoms. The van der Waals surface area contributed by atoms with E-state index in [1.165, 1.54) is 17.1 Å². The smallest absolute Gasteiger partial charge is 0.150 e. The van der Waals surface area contributed by atoms with Crippen molar-refractivity contribution < 1.29 is 4.39 Å². The van der Waals surface area contributed by atoms with Gasteiger partial charge in [0.15, 0.2) is 0 Å². The molecular formula is C9H8BrFN4. The number of nitrogens with zero attached hydrogens (tertiary/aromatic N) is 2. The van der Waals surface area contributed by atoms with Crippen LogP contribution in [-0.4, -0.2) is 9.66 Å². The highest BCUT2D eigenvalue weighted by Gasteiger charge is 2.09. The Morgan fingerprint density at radius 3 is 2.67 bits per heavy atom. The molecule has 0 fully saturated rings. The van der Waals surface area contributed by atoms with Gasteiger partial charge in [0.1, 0.15) is 23.7 Å². The molecule has 0 bridgehead atoms. The summed E-state index contributed by atoms with van der Waals surface area (Å²) in [7, 11) is 0. The van der Waals surface area contributed by atoms with Crippen LogP contribution in [-0.2, 0) is 0 Å². The Balaban J connectivity index is 2.55. The lowest BCUT2D eigenvalue weighted by atomic mass is 10.1. The van der Waals surface area contributed by atoms with Crippen molar-refractivity contribution in [3.63, 3.8) is 0 Å². The van der Waals surface area contributed by atoms with Gasteiger partial charge in [-0.2, -0.15) is 0 Å². The van der Waals surface area contributed by atoms with E-state index in [1.807, 2.05) is 0 Å². The molecular weight excluding hydrogens is 263 g/mol. The van der Waals surface area contributed by atoms with Crippen molar-refractivity contribution in [1.82, 2.24) is 9.66 Å². The number of nitrogens with two attached hydrogens (primary N) is 2. The molecule has 0 amide bonds. The summed E-state index contributed by atoms with van der Waals surface area (Å²) in [6.07, 6.45) is 1.40. The fourth-order valence-corrected chi connectivity index (χ4v) is 1.62. The minimum atomic E-state index is -0.329. The van der Waals surface area contributed by atoms with E-state index in [0.29, 0.717) is 21.5 Å². The molecule has 1 aromatic carbocycles. The monoisotopic (exact) mass is 270 g/mol. The van der Waals surface area contributed by atoms with Crippen LogP contribution in [0.15, 0.2) is 29.0 Å². The van der Waals surface area contributed by atoms with Gasteiger partial charge in [-0.15, -0.1) is 0 Å². The summed E-state index contributed by atoms with van der Waals surface area (Å²) in [5, 5.41) is 0. The average Bonchev–Trinajstić information content (AvgIpc) is 2.53. The number of anilines is 1. The number of halogens is 2. The Morgan fingerprint density at radius 2 is 2.13 bits per heavy atom. The van der Waals surface area contributed by atoms with Crippen LogP contribution in [0.4, 0.5) is 10.2 Å². The zero-order valence-corrected chi connectivity index (χ0v) is 9.20. The van der Waals surface area contributed by atoms with Gasteiger partial charge in [-0.05, 0) is 34.1 Å². The van der Waals surface area contributed by atoms with E-state index in [1.54, 1.807) is 12.1 Å². The van der Waals surface area contributed by atoms with Crippen molar-refractivity contribution in [2.45, 2.75) is 0 Å². The molecule has 4 N–H and O–H groups in total. The third-order valence-corrected chi connectivity index (χ3v) is 2.63. The first-order valence-electron chi connectivity index (χ1n) is 4.13. The van der Waals surface area contributed by atoms with Gasteiger partial charge in [0, 0.05) is 5.56 Å². The van der Waals surface area contributed by atoms with Crippen LogP contribution in [0.2, 0.25) is 0 Å². The van der Waals surface area contributed by atoms with Gasteiger partial charge < -0.3 is 11.6 Å². The predicted molar refractivity (Wildman–Crippen MR) is 59.9 cm³/mol. The lowest BCUT2D eigenvalue weighted by Crippen LogP contribution is -2.09. The Morgan fingerprint density at radius 1 is 1.40 bits per heavy atom. The quantitative estimate of drug-likeness (QED) is 0.776. The molecule has 0 aliphatic carbocycles. The normalized spacial score (nSPS) is 10.5. The number of imidazole rings is 1. The predicted octanol–water partition coefficient (Wildman–Crippen LogP) is 1.75. The van der Waals surface area contributed by atoms with Crippen molar-refractivity contribution in [1.29, 1.82) is 0 Å². The molecule has 2 aromatic rings. The Labute approximate surface area is 93.8 Å². The Kier molecular flexibility index (Phi) is 2.36. The first-order chi connectivity index (χ1) is 7.09. The van der Waals surface area contributed by atoms with Crippen molar-refractivity contribution >= 4 is 21.7 Å². The summed E-state index contributed by atoms with van der Waals surface area (Å²) in [4.78, 5) is 4.03. The zero-order chi connectivity index (χ0) is 11.0. The van der Waals surface area contributed by atoms with E-state index in [9.17, 15) is 4.39 Å². The molecule has 0 aliphatic rings. The number of aromatic nitrogens is 2. The van der Waals surface area contributed by atoms with E-state index in [4.69, 9.17) is 11.6 Å². The van der Waals surface area contributed by atoms with E-state index < -0.39 is 0 Å².